The van der Waals surface area contributed by atoms with Crippen LogP contribution in [0.1, 0.15) is 13.8 Å². The highest BCUT2D eigenvalue weighted by molar-refractivity contribution is 5.93. The molecular weight excluding hydrogens is 220 g/mol. The van der Waals surface area contributed by atoms with Gasteiger partial charge in [-0.15, -0.1) is 0 Å². The number of likely N-dealkylation sites (N-methyl/N-ethyl adjacent to an activating group) is 1. The topological polar surface area (TPSA) is 83.1 Å². The van der Waals surface area contributed by atoms with E-state index in [9.17, 15) is 9.59 Å². The number of urea groups is 1. The highest BCUT2D eigenvalue weighted by Crippen LogP contribution is 2.01. The molecule has 0 saturated heterocycles. The Labute approximate surface area is 99.8 Å². The van der Waals surface area contributed by atoms with Gasteiger partial charge in [-0.1, -0.05) is 0 Å². The number of rotatable bonds is 4. The summed E-state index contributed by atoms with van der Waals surface area (Å²) in [5, 5.41) is 7.72. The van der Waals surface area contributed by atoms with Crippen molar-refractivity contribution in [3.05, 3.63) is 24.5 Å². The van der Waals surface area contributed by atoms with Crippen LogP contribution in [0.3, 0.4) is 0 Å². The Kier molecular flexibility index (Phi) is 4.93. The van der Waals surface area contributed by atoms with Gasteiger partial charge in [0.25, 0.3) is 0 Å². The molecule has 6 nitrogen and oxygen atoms in total. The van der Waals surface area contributed by atoms with Gasteiger partial charge in [-0.2, -0.15) is 0 Å². The summed E-state index contributed by atoms with van der Waals surface area (Å²) in [6.07, 6.45) is 3.14. The molecule has 0 aliphatic rings. The molecule has 1 unspecified atom stereocenters. The molecule has 0 bridgehead atoms. The number of pyridine rings is 1. The summed E-state index contributed by atoms with van der Waals surface area (Å²) in [5.74, 6) is -0.214. The van der Waals surface area contributed by atoms with Gasteiger partial charge >= 0.3 is 6.03 Å². The Morgan fingerprint density at radius 1 is 1.47 bits per heavy atom. The van der Waals surface area contributed by atoms with Gasteiger partial charge in [-0.3, -0.25) is 9.78 Å². The van der Waals surface area contributed by atoms with Gasteiger partial charge in [0, 0.05) is 12.7 Å². The zero-order valence-electron chi connectivity index (χ0n) is 9.86. The lowest BCUT2D eigenvalue weighted by Gasteiger charge is -2.13. The van der Waals surface area contributed by atoms with Crippen LogP contribution >= 0.6 is 0 Å². The number of carbonyl (C=O) groups excluding carboxylic acids is 2. The van der Waals surface area contributed by atoms with Crippen molar-refractivity contribution >= 4 is 17.6 Å². The van der Waals surface area contributed by atoms with Crippen LogP contribution in [-0.4, -0.2) is 29.5 Å². The summed E-state index contributed by atoms with van der Waals surface area (Å²) in [4.78, 5) is 26.7. The highest BCUT2D eigenvalue weighted by Gasteiger charge is 2.14. The summed E-state index contributed by atoms with van der Waals surface area (Å²) in [6.45, 7) is 3.98. The van der Waals surface area contributed by atoms with Crippen molar-refractivity contribution in [2.24, 2.45) is 0 Å². The van der Waals surface area contributed by atoms with Crippen LogP contribution in [0.25, 0.3) is 0 Å². The van der Waals surface area contributed by atoms with E-state index in [-0.39, 0.29) is 5.91 Å². The van der Waals surface area contributed by atoms with Crippen LogP contribution in [0.5, 0.6) is 0 Å². The van der Waals surface area contributed by atoms with Crippen molar-refractivity contribution in [1.82, 2.24) is 15.6 Å². The first-order valence-electron chi connectivity index (χ1n) is 5.38. The van der Waals surface area contributed by atoms with Crippen LogP contribution < -0.4 is 16.0 Å². The summed E-state index contributed by atoms with van der Waals surface area (Å²) in [6, 6.07) is 2.41. The van der Waals surface area contributed by atoms with Crippen molar-refractivity contribution < 1.29 is 9.59 Å². The molecule has 6 heteroatoms. The second kappa shape index (κ2) is 6.47. The van der Waals surface area contributed by atoms with Crippen molar-refractivity contribution in [2.45, 2.75) is 19.9 Å². The maximum Gasteiger partial charge on any atom is 0.319 e. The maximum atomic E-state index is 11.5. The normalized spacial score (nSPS) is 11.4. The van der Waals surface area contributed by atoms with Gasteiger partial charge in [0.05, 0.1) is 11.9 Å². The van der Waals surface area contributed by atoms with Crippen molar-refractivity contribution in [1.29, 1.82) is 0 Å². The van der Waals surface area contributed by atoms with Crippen LogP contribution in [0.4, 0.5) is 10.5 Å². The van der Waals surface area contributed by atoms with Gasteiger partial charge in [-0.05, 0) is 26.0 Å². The van der Waals surface area contributed by atoms with Gasteiger partial charge in [0.1, 0.15) is 6.04 Å². The minimum absolute atomic E-state index is 0.214. The van der Waals surface area contributed by atoms with Gasteiger partial charge in [-0.25, -0.2) is 4.79 Å². The van der Waals surface area contributed by atoms with Crippen LogP contribution in [0, 0.1) is 0 Å². The second-order valence-electron chi connectivity index (χ2n) is 3.46. The molecule has 1 rings (SSSR count). The van der Waals surface area contributed by atoms with E-state index in [1.807, 2.05) is 6.92 Å². The molecule has 3 N–H and O–H groups in total. The Balaban J connectivity index is 2.42. The first-order valence-corrected chi connectivity index (χ1v) is 5.38. The summed E-state index contributed by atoms with van der Waals surface area (Å²) in [7, 11) is 0. The largest absolute Gasteiger partial charge is 0.355 e. The van der Waals surface area contributed by atoms with E-state index in [0.29, 0.717) is 12.2 Å². The van der Waals surface area contributed by atoms with Crippen molar-refractivity contribution in [3.8, 4) is 0 Å². The van der Waals surface area contributed by atoms with Crippen LogP contribution in [0.2, 0.25) is 0 Å². The molecule has 92 valence electrons. The molecule has 1 heterocycles. The lowest BCUT2D eigenvalue weighted by molar-refractivity contribution is -0.122. The lowest BCUT2D eigenvalue weighted by Crippen LogP contribution is -2.46. The Morgan fingerprint density at radius 3 is 2.82 bits per heavy atom. The van der Waals surface area contributed by atoms with E-state index in [1.165, 1.54) is 6.20 Å². The molecule has 0 aromatic carbocycles. The minimum Gasteiger partial charge on any atom is -0.355 e. The van der Waals surface area contributed by atoms with E-state index < -0.39 is 12.1 Å². The maximum absolute atomic E-state index is 11.5. The van der Waals surface area contributed by atoms with E-state index in [0.717, 1.165) is 0 Å². The number of anilines is 1. The van der Waals surface area contributed by atoms with Crippen molar-refractivity contribution in [3.63, 3.8) is 0 Å². The Morgan fingerprint density at radius 2 is 2.24 bits per heavy atom. The fourth-order valence-corrected chi connectivity index (χ4v) is 1.19. The molecule has 3 amide bonds. The van der Waals surface area contributed by atoms with Crippen molar-refractivity contribution in [2.75, 3.05) is 11.9 Å². The second-order valence-corrected chi connectivity index (χ2v) is 3.46. The number of nitrogens with one attached hydrogen (secondary N) is 3. The molecule has 0 fully saturated rings. The lowest BCUT2D eigenvalue weighted by atomic mass is 10.3. The quantitative estimate of drug-likeness (QED) is 0.720. The number of hydrogen-bond donors (Lipinski definition) is 3. The molecule has 0 saturated carbocycles. The average Bonchev–Trinajstić information content (AvgIpc) is 2.30. The van der Waals surface area contributed by atoms with Gasteiger partial charge in [0.2, 0.25) is 5.91 Å². The zero-order chi connectivity index (χ0) is 12.7. The van der Waals surface area contributed by atoms with Gasteiger partial charge < -0.3 is 16.0 Å². The zero-order valence-corrected chi connectivity index (χ0v) is 9.86. The monoisotopic (exact) mass is 236 g/mol. The summed E-state index contributed by atoms with van der Waals surface area (Å²) in [5.41, 5.74) is 0.577. The number of amides is 3. The molecule has 0 aliphatic carbocycles. The van der Waals surface area contributed by atoms with E-state index in [4.69, 9.17) is 0 Å². The molecule has 1 atom stereocenters. The smallest absolute Gasteiger partial charge is 0.319 e. The first-order chi connectivity index (χ1) is 8.13. The van der Waals surface area contributed by atoms with E-state index in [1.54, 1.807) is 25.3 Å². The SMILES string of the molecule is CCNC(=O)C(C)NC(=O)Nc1cccnc1. The predicted molar refractivity (Wildman–Crippen MR) is 64.5 cm³/mol. The standard InChI is InChI=1S/C11H16N4O2/c1-3-13-10(16)8(2)14-11(17)15-9-5-4-6-12-7-9/h4-8H,3H2,1-2H3,(H,13,16)(H2,14,15,17). The summed E-state index contributed by atoms with van der Waals surface area (Å²) < 4.78 is 0. The number of aromatic nitrogens is 1. The number of carbonyl (C=O) groups is 2. The molecule has 1 aromatic heterocycles. The third kappa shape index (κ3) is 4.50. The summed E-state index contributed by atoms with van der Waals surface area (Å²) >= 11 is 0. The van der Waals surface area contributed by atoms with E-state index in [2.05, 4.69) is 20.9 Å². The number of nitrogens with zero attached hydrogens (tertiary/aromatic N) is 1. The minimum atomic E-state index is -0.577. The van der Waals surface area contributed by atoms with Crippen LogP contribution in [-0.2, 0) is 4.79 Å². The fraction of sp³-hybridized carbons (Fsp3) is 0.364. The Hall–Kier alpha value is -2.11. The van der Waals surface area contributed by atoms with Crippen LogP contribution in [0.15, 0.2) is 24.5 Å². The Bertz CT molecular complexity index is 380. The third-order valence-electron chi connectivity index (χ3n) is 2.01. The number of hydrogen-bond acceptors (Lipinski definition) is 3. The van der Waals surface area contributed by atoms with E-state index >= 15 is 0 Å². The molecule has 0 radical (unpaired) electrons. The predicted octanol–water partition coefficient (Wildman–Crippen LogP) is 0.728. The molecule has 1 aromatic rings. The molecule has 0 spiro atoms. The molecule has 0 aliphatic heterocycles. The molecule has 17 heavy (non-hydrogen) atoms. The highest BCUT2D eigenvalue weighted by atomic mass is 16.2. The first kappa shape index (κ1) is 13.0. The average molecular weight is 236 g/mol. The fourth-order valence-electron chi connectivity index (χ4n) is 1.19. The molecular formula is C11H16N4O2. The van der Waals surface area contributed by atoms with Gasteiger partial charge in [0.15, 0.2) is 0 Å². The third-order valence-corrected chi connectivity index (χ3v) is 2.01.